The van der Waals surface area contributed by atoms with Crippen LogP contribution in [0.25, 0.3) is 0 Å². The Morgan fingerprint density at radius 3 is 2.47 bits per heavy atom. The summed E-state index contributed by atoms with van der Waals surface area (Å²) in [5.74, 6) is -1.43. The predicted octanol–water partition coefficient (Wildman–Crippen LogP) is 1.83. The van der Waals surface area contributed by atoms with Crippen LogP contribution in [0.4, 0.5) is 5.69 Å². The zero-order valence-corrected chi connectivity index (χ0v) is 9.14. The Bertz CT molecular complexity index is 466. The van der Waals surface area contributed by atoms with Crippen molar-refractivity contribution in [3.05, 3.63) is 23.8 Å². The molecule has 1 fully saturated rings. The molecule has 1 aliphatic carbocycles. The molecule has 0 aromatic heterocycles. The first-order valence-corrected chi connectivity index (χ1v) is 5.45. The number of carbonyl (C=O) groups is 2. The van der Waals surface area contributed by atoms with Gasteiger partial charge in [-0.2, -0.15) is 0 Å². The lowest BCUT2D eigenvalue weighted by Crippen LogP contribution is -2.28. The highest BCUT2D eigenvalue weighted by molar-refractivity contribution is 5.95. The van der Waals surface area contributed by atoms with Gasteiger partial charge >= 0.3 is 5.97 Å². The molecule has 0 aliphatic heterocycles. The molecule has 0 atom stereocenters. The molecule has 1 aliphatic rings. The number of nitrogens with one attached hydrogen (secondary N) is 1. The van der Waals surface area contributed by atoms with E-state index in [0.717, 1.165) is 25.3 Å². The first kappa shape index (κ1) is 11.4. The van der Waals surface area contributed by atoms with Crippen LogP contribution >= 0.6 is 0 Å². The lowest BCUT2D eigenvalue weighted by atomic mass is 9.85. The van der Waals surface area contributed by atoms with E-state index in [9.17, 15) is 14.7 Å². The van der Waals surface area contributed by atoms with Crippen molar-refractivity contribution in [3.8, 4) is 5.75 Å². The maximum absolute atomic E-state index is 11.6. The summed E-state index contributed by atoms with van der Waals surface area (Å²) in [7, 11) is 0. The smallest absolute Gasteiger partial charge is 0.335 e. The Balaban J connectivity index is 2.10. The monoisotopic (exact) mass is 235 g/mol. The molecule has 1 amide bonds. The van der Waals surface area contributed by atoms with Crippen molar-refractivity contribution in [2.45, 2.75) is 19.3 Å². The molecule has 90 valence electrons. The molecule has 0 saturated heterocycles. The summed E-state index contributed by atoms with van der Waals surface area (Å²) in [6, 6.07) is 3.87. The zero-order valence-electron chi connectivity index (χ0n) is 9.14. The van der Waals surface area contributed by atoms with Gasteiger partial charge in [0.1, 0.15) is 5.75 Å². The third-order valence-corrected chi connectivity index (χ3v) is 2.98. The van der Waals surface area contributed by atoms with E-state index in [1.54, 1.807) is 0 Å². The number of benzene rings is 1. The lowest BCUT2D eigenvalue weighted by molar-refractivity contribution is -0.122. The molecule has 5 nitrogen and oxygen atoms in total. The molecular weight excluding hydrogens is 222 g/mol. The Kier molecular flexibility index (Phi) is 2.99. The third kappa shape index (κ3) is 2.38. The molecular formula is C12H13NO4. The first-order valence-electron chi connectivity index (χ1n) is 5.45. The van der Waals surface area contributed by atoms with Gasteiger partial charge in [-0.15, -0.1) is 0 Å². The van der Waals surface area contributed by atoms with E-state index in [2.05, 4.69) is 5.32 Å². The molecule has 1 aromatic rings. The first-order chi connectivity index (χ1) is 8.08. The maximum atomic E-state index is 11.6. The largest absolute Gasteiger partial charge is 0.506 e. The normalized spacial score (nSPS) is 15.1. The van der Waals surface area contributed by atoms with E-state index in [0.29, 0.717) is 0 Å². The Morgan fingerprint density at radius 2 is 2.00 bits per heavy atom. The van der Waals surface area contributed by atoms with Crippen LogP contribution in [0, 0.1) is 5.92 Å². The number of aromatic carboxylic acids is 1. The van der Waals surface area contributed by atoms with Crippen molar-refractivity contribution in [2.24, 2.45) is 5.92 Å². The van der Waals surface area contributed by atoms with Gasteiger partial charge in [0.25, 0.3) is 0 Å². The minimum atomic E-state index is -1.11. The van der Waals surface area contributed by atoms with E-state index in [-0.39, 0.29) is 28.8 Å². The number of amides is 1. The van der Waals surface area contributed by atoms with Crippen molar-refractivity contribution >= 4 is 17.6 Å². The Labute approximate surface area is 98.1 Å². The molecule has 5 heteroatoms. The van der Waals surface area contributed by atoms with E-state index < -0.39 is 5.97 Å². The van der Waals surface area contributed by atoms with E-state index in [1.807, 2.05) is 0 Å². The molecule has 0 radical (unpaired) electrons. The van der Waals surface area contributed by atoms with Crippen LogP contribution in [-0.4, -0.2) is 22.1 Å². The number of carbonyl (C=O) groups excluding carboxylic acids is 1. The molecule has 0 spiro atoms. The number of carboxylic acid groups (broad SMARTS) is 1. The lowest BCUT2D eigenvalue weighted by Gasteiger charge is -2.24. The van der Waals surface area contributed by atoms with Gasteiger partial charge in [0.15, 0.2) is 0 Å². The van der Waals surface area contributed by atoms with Crippen LogP contribution in [-0.2, 0) is 4.79 Å². The minimum absolute atomic E-state index is 0.0101. The fourth-order valence-electron chi connectivity index (χ4n) is 1.68. The summed E-state index contributed by atoms with van der Waals surface area (Å²) in [5.41, 5.74) is 0.246. The number of anilines is 1. The van der Waals surface area contributed by atoms with Gasteiger partial charge in [-0.05, 0) is 31.0 Å². The number of hydrogen-bond donors (Lipinski definition) is 3. The molecule has 0 bridgehead atoms. The highest BCUT2D eigenvalue weighted by atomic mass is 16.4. The molecule has 3 N–H and O–H groups in total. The molecule has 17 heavy (non-hydrogen) atoms. The molecule has 1 saturated carbocycles. The second kappa shape index (κ2) is 4.45. The number of phenols is 1. The number of hydrogen-bond acceptors (Lipinski definition) is 3. The van der Waals surface area contributed by atoms with Crippen molar-refractivity contribution in [2.75, 3.05) is 5.32 Å². The molecule has 2 rings (SSSR count). The van der Waals surface area contributed by atoms with Gasteiger partial charge in [0.05, 0.1) is 11.3 Å². The van der Waals surface area contributed by atoms with Crippen LogP contribution in [0.15, 0.2) is 18.2 Å². The fraction of sp³-hybridized carbons (Fsp3) is 0.333. The fourth-order valence-corrected chi connectivity index (χ4v) is 1.68. The quantitative estimate of drug-likeness (QED) is 0.697. The van der Waals surface area contributed by atoms with Crippen LogP contribution in [0.2, 0.25) is 0 Å². The Hall–Kier alpha value is -2.04. The zero-order chi connectivity index (χ0) is 12.4. The second-order valence-electron chi connectivity index (χ2n) is 4.15. The average molecular weight is 235 g/mol. The van der Waals surface area contributed by atoms with Crippen LogP contribution < -0.4 is 5.32 Å². The van der Waals surface area contributed by atoms with E-state index in [1.165, 1.54) is 12.1 Å². The second-order valence-corrected chi connectivity index (χ2v) is 4.15. The van der Waals surface area contributed by atoms with E-state index in [4.69, 9.17) is 5.11 Å². The molecule has 0 heterocycles. The standard InChI is InChI=1S/C12H13NO4/c14-10-6-8(12(16)17)4-5-9(10)13-11(15)7-2-1-3-7/h4-7,14H,1-3H2,(H,13,15)(H,16,17). The van der Waals surface area contributed by atoms with E-state index >= 15 is 0 Å². The number of carboxylic acids is 1. The SMILES string of the molecule is O=C(O)c1ccc(NC(=O)C2CCC2)c(O)c1. The summed E-state index contributed by atoms with van der Waals surface area (Å²) in [4.78, 5) is 22.3. The topological polar surface area (TPSA) is 86.6 Å². The van der Waals surface area contributed by atoms with Crippen LogP contribution in [0.5, 0.6) is 5.75 Å². The van der Waals surface area contributed by atoms with Crippen molar-refractivity contribution in [1.29, 1.82) is 0 Å². The number of rotatable bonds is 3. The summed E-state index contributed by atoms with van der Waals surface area (Å²) in [5, 5.41) is 20.9. The van der Waals surface area contributed by atoms with Gasteiger partial charge in [0, 0.05) is 5.92 Å². The van der Waals surface area contributed by atoms with Crippen LogP contribution in [0.1, 0.15) is 29.6 Å². The summed E-state index contributed by atoms with van der Waals surface area (Å²) >= 11 is 0. The third-order valence-electron chi connectivity index (χ3n) is 2.98. The molecule has 1 aromatic carbocycles. The van der Waals surface area contributed by atoms with Gasteiger partial charge < -0.3 is 15.5 Å². The van der Waals surface area contributed by atoms with Gasteiger partial charge in [-0.1, -0.05) is 6.42 Å². The average Bonchev–Trinajstić information content (AvgIpc) is 2.18. The Morgan fingerprint density at radius 1 is 1.29 bits per heavy atom. The maximum Gasteiger partial charge on any atom is 0.335 e. The highest BCUT2D eigenvalue weighted by Gasteiger charge is 2.25. The van der Waals surface area contributed by atoms with Crippen molar-refractivity contribution in [3.63, 3.8) is 0 Å². The van der Waals surface area contributed by atoms with Gasteiger partial charge in [-0.25, -0.2) is 4.79 Å². The van der Waals surface area contributed by atoms with Crippen molar-refractivity contribution in [1.82, 2.24) is 0 Å². The van der Waals surface area contributed by atoms with Gasteiger partial charge in [0.2, 0.25) is 5.91 Å². The summed E-state index contributed by atoms with van der Waals surface area (Å²) in [6.45, 7) is 0. The van der Waals surface area contributed by atoms with Gasteiger partial charge in [-0.3, -0.25) is 4.79 Å². The number of phenolic OH excluding ortho intramolecular Hbond substituents is 1. The summed E-state index contributed by atoms with van der Waals surface area (Å²) in [6.07, 6.45) is 2.81. The predicted molar refractivity (Wildman–Crippen MR) is 61.0 cm³/mol. The molecule has 0 unspecified atom stereocenters. The number of aromatic hydroxyl groups is 1. The summed E-state index contributed by atoms with van der Waals surface area (Å²) < 4.78 is 0. The van der Waals surface area contributed by atoms with Crippen molar-refractivity contribution < 1.29 is 19.8 Å². The minimum Gasteiger partial charge on any atom is -0.506 e. The van der Waals surface area contributed by atoms with Crippen LogP contribution in [0.3, 0.4) is 0 Å². The highest BCUT2D eigenvalue weighted by Crippen LogP contribution is 2.30.